The zero-order chi connectivity index (χ0) is 13.2. The monoisotopic (exact) mass is 280 g/mol. The molecule has 0 amide bonds. The summed E-state index contributed by atoms with van der Waals surface area (Å²) in [5.41, 5.74) is 0.352. The molecule has 1 nitrogen and oxygen atoms in total. The first kappa shape index (κ1) is 13.4. The molecule has 1 unspecified atom stereocenters. The standard InChI is InChI=1S/C15H14Cl2O/c1-2-15(18,11-6-4-3-5-7-11)13-10-12(16)8-9-14(13)17/h3-10,18H,2H2,1H3. The smallest absolute Gasteiger partial charge is 0.116 e. The van der Waals surface area contributed by atoms with Gasteiger partial charge >= 0.3 is 0 Å². The Morgan fingerprint density at radius 3 is 2.33 bits per heavy atom. The fourth-order valence-corrected chi connectivity index (χ4v) is 2.52. The molecule has 0 fully saturated rings. The molecule has 2 rings (SSSR count). The molecule has 94 valence electrons. The fraction of sp³-hybridized carbons (Fsp3) is 0.200. The Morgan fingerprint density at radius 2 is 1.72 bits per heavy atom. The van der Waals surface area contributed by atoms with Crippen LogP contribution in [-0.2, 0) is 5.60 Å². The van der Waals surface area contributed by atoms with E-state index in [4.69, 9.17) is 23.2 Å². The Balaban J connectivity index is 2.60. The van der Waals surface area contributed by atoms with Crippen LogP contribution in [0.15, 0.2) is 48.5 Å². The van der Waals surface area contributed by atoms with Crippen LogP contribution >= 0.6 is 23.2 Å². The molecule has 2 aromatic rings. The average Bonchev–Trinajstić information content (AvgIpc) is 2.41. The molecule has 0 spiro atoms. The third kappa shape index (κ3) is 2.39. The maximum atomic E-state index is 10.9. The van der Waals surface area contributed by atoms with Crippen LogP contribution in [0.4, 0.5) is 0 Å². The minimum absolute atomic E-state index is 0.521. The second-order valence-electron chi connectivity index (χ2n) is 4.20. The summed E-state index contributed by atoms with van der Waals surface area (Å²) in [7, 11) is 0. The fourth-order valence-electron chi connectivity index (χ4n) is 2.08. The molecule has 0 bridgehead atoms. The quantitative estimate of drug-likeness (QED) is 0.869. The first-order chi connectivity index (χ1) is 8.58. The molecule has 0 aliphatic rings. The Labute approximate surface area is 117 Å². The summed E-state index contributed by atoms with van der Waals surface area (Å²) in [5.74, 6) is 0. The number of aliphatic hydroxyl groups is 1. The molecule has 2 aromatic carbocycles. The third-order valence-corrected chi connectivity index (χ3v) is 3.70. The van der Waals surface area contributed by atoms with Gasteiger partial charge in [0.25, 0.3) is 0 Å². The lowest BCUT2D eigenvalue weighted by atomic mass is 9.84. The number of hydrogen-bond acceptors (Lipinski definition) is 1. The van der Waals surface area contributed by atoms with Gasteiger partial charge < -0.3 is 5.11 Å². The molecule has 0 radical (unpaired) electrons. The highest BCUT2D eigenvalue weighted by molar-refractivity contribution is 6.33. The highest BCUT2D eigenvalue weighted by Crippen LogP contribution is 2.38. The van der Waals surface area contributed by atoms with Crippen LogP contribution in [0.1, 0.15) is 24.5 Å². The van der Waals surface area contributed by atoms with Gasteiger partial charge in [-0.25, -0.2) is 0 Å². The SMILES string of the molecule is CCC(O)(c1ccccc1)c1cc(Cl)ccc1Cl. The first-order valence-corrected chi connectivity index (χ1v) is 6.57. The third-order valence-electron chi connectivity index (χ3n) is 3.14. The molecule has 18 heavy (non-hydrogen) atoms. The summed E-state index contributed by atoms with van der Waals surface area (Å²) in [6, 6.07) is 14.6. The highest BCUT2D eigenvalue weighted by atomic mass is 35.5. The lowest BCUT2D eigenvalue weighted by Crippen LogP contribution is -2.26. The van der Waals surface area contributed by atoms with Gasteiger partial charge in [0.15, 0.2) is 0 Å². The Hall–Kier alpha value is -1.02. The van der Waals surface area contributed by atoms with E-state index in [1.807, 2.05) is 37.3 Å². The van der Waals surface area contributed by atoms with E-state index in [9.17, 15) is 5.11 Å². The van der Waals surface area contributed by atoms with Crippen LogP contribution in [0.3, 0.4) is 0 Å². The second-order valence-corrected chi connectivity index (χ2v) is 5.05. The van der Waals surface area contributed by atoms with Crippen molar-refractivity contribution in [3.63, 3.8) is 0 Å². The summed E-state index contributed by atoms with van der Waals surface area (Å²) >= 11 is 12.2. The van der Waals surface area contributed by atoms with E-state index in [1.165, 1.54) is 0 Å². The molecule has 0 heterocycles. The largest absolute Gasteiger partial charge is 0.380 e. The van der Waals surface area contributed by atoms with Crippen molar-refractivity contribution in [1.82, 2.24) is 0 Å². The van der Waals surface area contributed by atoms with Crippen molar-refractivity contribution in [2.45, 2.75) is 18.9 Å². The topological polar surface area (TPSA) is 20.2 Å². The molecule has 0 aliphatic heterocycles. The van der Waals surface area contributed by atoms with Crippen LogP contribution < -0.4 is 0 Å². The zero-order valence-corrected chi connectivity index (χ0v) is 11.5. The molecule has 3 heteroatoms. The number of benzene rings is 2. The summed E-state index contributed by atoms with van der Waals surface area (Å²) in [4.78, 5) is 0. The predicted molar refractivity (Wildman–Crippen MR) is 76.2 cm³/mol. The molecule has 0 aliphatic carbocycles. The number of halogens is 2. The van der Waals surface area contributed by atoms with E-state index in [0.29, 0.717) is 22.0 Å². The molecular weight excluding hydrogens is 267 g/mol. The van der Waals surface area contributed by atoms with E-state index in [1.54, 1.807) is 18.2 Å². The maximum absolute atomic E-state index is 10.9. The van der Waals surface area contributed by atoms with Crippen molar-refractivity contribution in [3.8, 4) is 0 Å². The van der Waals surface area contributed by atoms with Crippen LogP contribution in [0.25, 0.3) is 0 Å². The first-order valence-electron chi connectivity index (χ1n) is 5.81. The normalized spacial score (nSPS) is 14.2. The van der Waals surface area contributed by atoms with Gasteiger partial charge in [0, 0.05) is 15.6 Å². The van der Waals surface area contributed by atoms with Gasteiger partial charge in [0.2, 0.25) is 0 Å². The number of rotatable bonds is 3. The van der Waals surface area contributed by atoms with Crippen molar-refractivity contribution in [2.75, 3.05) is 0 Å². The average molecular weight is 281 g/mol. The van der Waals surface area contributed by atoms with Crippen LogP contribution in [0, 0.1) is 0 Å². The van der Waals surface area contributed by atoms with E-state index < -0.39 is 5.60 Å². The van der Waals surface area contributed by atoms with Crippen molar-refractivity contribution in [2.24, 2.45) is 0 Å². The van der Waals surface area contributed by atoms with E-state index in [2.05, 4.69) is 0 Å². The van der Waals surface area contributed by atoms with Crippen LogP contribution in [0.5, 0.6) is 0 Å². The van der Waals surface area contributed by atoms with E-state index >= 15 is 0 Å². The summed E-state index contributed by atoms with van der Waals surface area (Å²) in [5, 5.41) is 12.0. The molecule has 0 saturated heterocycles. The second kappa shape index (κ2) is 5.31. The van der Waals surface area contributed by atoms with Gasteiger partial charge in [-0.2, -0.15) is 0 Å². The predicted octanol–water partition coefficient (Wildman–Crippen LogP) is 4.64. The van der Waals surface area contributed by atoms with E-state index in [-0.39, 0.29) is 0 Å². The summed E-state index contributed by atoms with van der Waals surface area (Å²) in [6.07, 6.45) is 0.525. The highest BCUT2D eigenvalue weighted by Gasteiger charge is 2.31. The summed E-state index contributed by atoms with van der Waals surface area (Å²) < 4.78 is 0. The lowest BCUT2D eigenvalue weighted by Gasteiger charge is -2.29. The minimum atomic E-state index is -1.11. The van der Waals surface area contributed by atoms with Gasteiger partial charge in [-0.05, 0) is 30.2 Å². The Morgan fingerprint density at radius 1 is 1.06 bits per heavy atom. The van der Waals surface area contributed by atoms with Gasteiger partial charge in [0.05, 0.1) is 0 Å². The maximum Gasteiger partial charge on any atom is 0.116 e. The molecule has 0 saturated carbocycles. The Bertz CT molecular complexity index is 539. The van der Waals surface area contributed by atoms with Crippen LogP contribution in [0.2, 0.25) is 10.0 Å². The zero-order valence-electron chi connectivity index (χ0n) is 10.0. The van der Waals surface area contributed by atoms with Gasteiger partial charge in [-0.15, -0.1) is 0 Å². The van der Waals surface area contributed by atoms with Crippen LogP contribution in [-0.4, -0.2) is 5.11 Å². The van der Waals surface area contributed by atoms with E-state index in [0.717, 1.165) is 5.56 Å². The minimum Gasteiger partial charge on any atom is -0.380 e. The molecule has 0 aromatic heterocycles. The van der Waals surface area contributed by atoms with Gasteiger partial charge in [0.1, 0.15) is 5.60 Å². The van der Waals surface area contributed by atoms with Crippen molar-refractivity contribution in [1.29, 1.82) is 0 Å². The number of hydrogen-bond donors (Lipinski definition) is 1. The molecule has 1 atom stereocenters. The van der Waals surface area contributed by atoms with Gasteiger partial charge in [-0.1, -0.05) is 60.5 Å². The molecular formula is C15H14Cl2O. The molecule has 1 N–H and O–H groups in total. The van der Waals surface area contributed by atoms with Gasteiger partial charge in [-0.3, -0.25) is 0 Å². The Kier molecular flexibility index (Phi) is 3.96. The lowest BCUT2D eigenvalue weighted by molar-refractivity contribution is 0.0766. The van der Waals surface area contributed by atoms with Crippen molar-refractivity contribution < 1.29 is 5.11 Å². The summed E-state index contributed by atoms with van der Waals surface area (Å²) in [6.45, 7) is 1.92. The van der Waals surface area contributed by atoms with Crippen molar-refractivity contribution >= 4 is 23.2 Å². The van der Waals surface area contributed by atoms with Crippen molar-refractivity contribution in [3.05, 3.63) is 69.7 Å².